The van der Waals surface area contributed by atoms with Crippen molar-refractivity contribution in [3.63, 3.8) is 0 Å². The molecule has 1 N–H and O–H groups in total. The Labute approximate surface area is 260 Å². The Morgan fingerprint density at radius 2 is 1.91 bits per heavy atom. The molecule has 0 bridgehead atoms. The second-order valence-corrected chi connectivity index (χ2v) is 14.6. The Bertz CT molecular complexity index is 1710. The molecule has 1 fully saturated rings. The zero-order valence-electron chi connectivity index (χ0n) is 24.7. The van der Waals surface area contributed by atoms with Gasteiger partial charge in [0.25, 0.3) is 0 Å². The van der Waals surface area contributed by atoms with Gasteiger partial charge in [0.1, 0.15) is 11.4 Å². The van der Waals surface area contributed by atoms with E-state index in [2.05, 4.69) is 76.3 Å². The quantitative estimate of drug-likeness (QED) is 0.0966. The van der Waals surface area contributed by atoms with E-state index < -0.39 is 0 Å². The van der Waals surface area contributed by atoms with E-state index in [0.29, 0.717) is 18.2 Å². The summed E-state index contributed by atoms with van der Waals surface area (Å²) >= 11 is 3.47. The molecular formula is C33H36N6O2S2. The topological polar surface area (TPSA) is 93.1 Å². The van der Waals surface area contributed by atoms with Gasteiger partial charge in [-0.05, 0) is 62.7 Å². The van der Waals surface area contributed by atoms with Gasteiger partial charge in [0.15, 0.2) is 6.29 Å². The lowest BCUT2D eigenvalue weighted by molar-refractivity contribution is 0.111. The second kappa shape index (κ2) is 13.0. The summed E-state index contributed by atoms with van der Waals surface area (Å²) in [5.74, 6) is 1.29. The van der Waals surface area contributed by atoms with Crippen molar-refractivity contribution in [2.24, 2.45) is 0 Å². The summed E-state index contributed by atoms with van der Waals surface area (Å²) in [5.41, 5.74) is 7.16. The number of hydrogen-bond acceptors (Lipinski definition) is 10. The number of fused-ring (bicyclic) bond motifs is 2. The average molecular weight is 613 g/mol. The first-order chi connectivity index (χ1) is 20.8. The van der Waals surface area contributed by atoms with Crippen LogP contribution in [0.25, 0.3) is 21.1 Å². The van der Waals surface area contributed by atoms with Gasteiger partial charge in [0.2, 0.25) is 0 Å². The fraction of sp³-hybridized carbons (Fsp3) is 0.364. The number of pyridine rings is 1. The van der Waals surface area contributed by atoms with Crippen molar-refractivity contribution < 1.29 is 9.53 Å². The van der Waals surface area contributed by atoms with Gasteiger partial charge in [0.05, 0.1) is 44.6 Å². The molecule has 1 saturated heterocycles. The monoisotopic (exact) mass is 612 g/mol. The minimum absolute atomic E-state index is 0.0273. The van der Waals surface area contributed by atoms with Crippen LogP contribution >= 0.6 is 23.1 Å². The Morgan fingerprint density at radius 3 is 2.67 bits per heavy atom. The highest BCUT2D eigenvalue weighted by Crippen LogP contribution is 2.42. The number of nitrogens with zero attached hydrogens (tertiary/aromatic N) is 5. The highest BCUT2D eigenvalue weighted by atomic mass is 32.2. The summed E-state index contributed by atoms with van der Waals surface area (Å²) in [7, 11) is 0. The van der Waals surface area contributed by atoms with Crippen molar-refractivity contribution in [2.45, 2.75) is 55.6 Å². The number of likely N-dealkylation sites (tertiary alicyclic amines) is 1. The fourth-order valence-corrected chi connectivity index (χ4v) is 7.13. The van der Waals surface area contributed by atoms with E-state index in [9.17, 15) is 4.79 Å². The fourth-order valence-electron chi connectivity index (χ4n) is 5.42. The molecule has 8 nitrogen and oxygen atoms in total. The van der Waals surface area contributed by atoms with Crippen LogP contribution in [0.3, 0.4) is 0 Å². The molecule has 0 amide bonds. The van der Waals surface area contributed by atoms with Gasteiger partial charge in [-0.15, -0.1) is 23.1 Å². The summed E-state index contributed by atoms with van der Waals surface area (Å²) < 4.78 is 7.64. The number of anilines is 2. The van der Waals surface area contributed by atoms with Crippen LogP contribution in [-0.4, -0.2) is 62.1 Å². The van der Waals surface area contributed by atoms with Crippen LogP contribution < -0.4 is 10.1 Å². The molecular weight excluding hydrogens is 577 g/mol. The lowest BCUT2D eigenvalue weighted by Gasteiger charge is -2.31. The highest BCUT2D eigenvalue weighted by molar-refractivity contribution is 8.00. The van der Waals surface area contributed by atoms with Gasteiger partial charge in [-0.1, -0.05) is 20.8 Å². The van der Waals surface area contributed by atoms with Gasteiger partial charge in [0, 0.05) is 52.4 Å². The first-order valence-electron chi connectivity index (χ1n) is 14.7. The Balaban J connectivity index is 1.10. The molecule has 222 valence electrons. The zero-order valence-corrected chi connectivity index (χ0v) is 26.4. The minimum Gasteiger partial charge on any atom is -0.492 e. The van der Waals surface area contributed by atoms with Crippen molar-refractivity contribution in [1.82, 2.24) is 24.8 Å². The zero-order chi connectivity index (χ0) is 29.8. The smallest absolute Gasteiger partial charge is 0.170 e. The molecule has 1 aliphatic rings. The molecule has 4 heterocycles. The normalized spacial score (nSPS) is 14.8. The van der Waals surface area contributed by atoms with Gasteiger partial charge < -0.3 is 15.0 Å². The molecule has 1 aliphatic heterocycles. The number of carbonyl (C=O) groups excluding carboxylic acids is 1. The third-order valence-corrected chi connectivity index (χ3v) is 9.49. The average Bonchev–Trinajstić information content (AvgIpc) is 3.47. The van der Waals surface area contributed by atoms with Crippen LogP contribution in [0.2, 0.25) is 0 Å². The largest absolute Gasteiger partial charge is 0.492 e. The van der Waals surface area contributed by atoms with E-state index >= 15 is 0 Å². The third-order valence-electron chi connectivity index (χ3n) is 7.53. The number of aromatic nitrogens is 4. The van der Waals surface area contributed by atoms with Gasteiger partial charge in [-0.2, -0.15) is 0 Å². The molecule has 0 unspecified atom stereocenters. The van der Waals surface area contributed by atoms with E-state index in [1.54, 1.807) is 23.7 Å². The number of piperidine rings is 1. The third kappa shape index (κ3) is 7.31. The van der Waals surface area contributed by atoms with Crippen LogP contribution in [-0.2, 0) is 0 Å². The highest BCUT2D eigenvalue weighted by Gasteiger charge is 2.22. The number of benzene rings is 2. The maximum atomic E-state index is 10.9. The molecule has 0 aliphatic carbocycles. The van der Waals surface area contributed by atoms with Crippen molar-refractivity contribution in [1.29, 1.82) is 0 Å². The lowest BCUT2D eigenvalue weighted by atomic mass is 9.93. The number of carbonyl (C=O) groups is 1. The van der Waals surface area contributed by atoms with Crippen LogP contribution in [0.15, 0.2) is 65.4 Å². The summed E-state index contributed by atoms with van der Waals surface area (Å²) in [6.45, 7) is 10.4. The Morgan fingerprint density at radius 1 is 1.05 bits per heavy atom. The lowest BCUT2D eigenvalue weighted by Crippen LogP contribution is -2.34. The SMILES string of the molecule is CC(C)(C)Sc1cc2c(Nc3ccc4scnc4c3)ccnc2cc1OCCCN1CCC(c2cnc(C=O)cn2)CC1. The summed E-state index contributed by atoms with van der Waals surface area (Å²) in [5, 5.41) is 4.66. The molecule has 6 rings (SSSR count). The maximum Gasteiger partial charge on any atom is 0.170 e. The van der Waals surface area contributed by atoms with E-state index in [0.717, 1.165) is 89.3 Å². The summed E-state index contributed by atoms with van der Waals surface area (Å²) in [6.07, 6.45) is 8.95. The van der Waals surface area contributed by atoms with Crippen molar-refractivity contribution in [2.75, 3.05) is 31.6 Å². The van der Waals surface area contributed by atoms with Crippen molar-refractivity contribution in [3.8, 4) is 5.75 Å². The molecule has 0 atom stereocenters. The molecule has 0 radical (unpaired) electrons. The first-order valence-corrected chi connectivity index (χ1v) is 16.4. The Hall–Kier alpha value is -3.60. The standard InChI is InChI=1S/C33H36N6O2S2/c1-33(2,3)43-32-16-25-26(38-23-5-6-31-28(15-23)37-21-42-31)7-10-34-27(25)17-30(32)41-14-4-11-39-12-8-22(9-13-39)29-19-35-24(20-40)18-36-29/h5-7,10,15-22H,4,8-9,11-14H2,1-3H3,(H,34,38). The van der Waals surface area contributed by atoms with Gasteiger partial charge >= 0.3 is 0 Å². The number of rotatable bonds is 10. The number of aldehydes is 1. The second-order valence-electron chi connectivity index (χ2n) is 11.9. The predicted octanol–water partition coefficient (Wildman–Crippen LogP) is 7.73. The molecule has 43 heavy (non-hydrogen) atoms. The first kappa shape index (κ1) is 29.5. The molecule has 10 heteroatoms. The molecule has 0 spiro atoms. The van der Waals surface area contributed by atoms with Crippen LogP contribution in [0, 0.1) is 0 Å². The van der Waals surface area contributed by atoms with E-state index in [1.807, 2.05) is 29.5 Å². The van der Waals surface area contributed by atoms with Crippen molar-refractivity contribution >= 4 is 61.9 Å². The van der Waals surface area contributed by atoms with Crippen LogP contribution in [0.5, 0.6) is 5.75 Å². The maximum absolute atomic E-state index is 10.9. The number of ether oxygens (including phenoxy) is 1. The molecule has 5 aromatic rings. The number of nitrogens with one attached hydrogen (secondary N) is 1. The van der Waals surface area contributed by atoms with E-state index in [-0.39, 0.29) is 4.75 Å². The molecule has 0 saturated carbocycles. The summed E-state index contributed by atoms with van der Waals surface area (Å²) in [6, 6.07) is 12.6. The van der Waals surface area contributed by atoms with Crippen molar-refractivity contribution in [3.05, 3.63) is 71.9 Å². The molecule has 2 aromatic carbocycles. The van der Waals surface area contributed by atoms with E-state index in [4.69, 9.17) is 9.72 Å². The Kier molecular flexibility index (Phi) is 8.88. The van der Waals surface area contributed by atoms with Gasteiger partial charge in [-0.3, -0.25) is 14.8 Å². The summed E-state index contributed by atoms with van der Waals surface area (Å²) in [4.78, 5) is 32.3. The number of thioether (sulfide) groups is 1. The predicted molar refractivity (Wildman–Crippen MR) is 176 cm³/mol. The molecule has 3 aromatic heterocycles. The number of thiazole rings is 1. The van der Waals surface area contributed by atoms with Crippen LogP contribution in [0.4, 0.5) is 11.4 Å². The minimum atomic E-state index is 0.0273. The van der Waals surface area contributed by atoms with Crippen LogP contribution in [0.1, 0.15) is 62.1 Å². The van der Waals surface area contributed by atoms with Gasteiger partial charge in [-0.25, -0.2) is 9.97 Å². The number of hydrogen-bond donors (Lipinski definition) is 1. The van der Waals surface area contributed by atoms with E-state index in [1.165, 1.54) is 4.70 Å².